The van der Waals surface area contributed by atoms with Gasteiger partial charge < -0.3 is 19.5 Å². The molecule has 0 spiro atoms. The van der Waals surface area contributed by atoms with Crippen LogP contribution in [-0.2, 0) is 6.54 Å². The van der Waals surface area contributed by atoms with Gasteiger partial charge in [-0.3, -0.25) is 4.79 Å². The molecule has 0 saturated heterocycles. The van der Waals surface area contributed by atoms with Crippen LogP contribution in [0.4, 0.5) is 14.9 Å². The molecule has 0 saturated carbocycles. The fraction of sp³-hybridized carbons (Fsp3) is 0.185. The molecule has 0 radical (unpaired) electrons. The predicted molar refractivity (Wildman–Crippen MR) is 141 cm³/mol. The minimum atomic E-state index is -0.545. The van der Waals surface area contributed by atoms with Crippen molar-refractivity contribution in [2.24, 2.45) is 0 Å². The van der Waals surface area contributed by atoms with Crippen molar-refractivity contribution in [2.45, 2.75) is 20.4 Å². The van der Waals surface area contributed by atoms with E-state index in [1.165, 1.54) is 17.0 Å². The largest absolute Gasteiger partial charge is 0.415 e. The number of carbonyl (C=O) groups excluding carboxylic acids is 2. The second kappa shape index (κ2) is 11.0. The van der Waals surface area contributed by atoms with Crippen molar-refractivity contribution in [1.82, 2.24) is 9.47 Å². The first-order valence-corrected chi connectivity index (χ1v) is 12.2. The van der Waals surface area contributed by atoms with Gasteiger partial charge in [-0.2, -0.15) is 0 Å². The van der Waals surface area contributed by atoms with E-state index in [9.17, 15) is 14.0 Å². The van der Waals surface area contributed by atoms with Crippen molar-refractivity contribution in [3.05, 3.63) is 93.8 Å². The third-order valence-electron chi connectivity index (χ3n) is 5.80. The molecule has 1 aromatic heterocycles. The summed E-state index contributed by atoms with van der Waals surface area (Å²) in [7, 11) is 0. The van der Waals surface area contributed by atoms with Crippen molar-refractivity contribution < 1.29 is 18.7 Å². The van der Waals surface area contributed by atoms with Gasteiger partial charge in [0, 0.05) is 31.2 Å². The highest BCUT2D eigenvalue weighted by atomic mass is 35.5. The number of nitrogens with one attached hydrogen (secondary N) is 1. The first-order chi connectivity index (χ1) is 17.3. The maximum absolute atomic E-state index is 13.7. The molecule has 0 aliphatic carbocycles. The van der Waals surface area contributed by atoms with Gasteiger partial charge in [-0.25, -0.2) is 9.18 Å². The van der Waals surface area contributed by atoms with Crippen LogP contribution >= 0.6 is 23.2 Å². The minimum Gasteiger partial charge on any atom is -0.408 e. The maximum atomic E-state index is 13.7. The number of aromatic nitrogens is 1. The molecule has 0 fully saturated rings. The summed E-state index contributed by atoms with van der Waals surface area (Å²) in [5, 5.41) is 3.86. The van der Waals surface area contributed by atoms with Crippen LogP contribution < -0.4 is 10.1 Å². The van der Waals surface area contributed by atoms with Crippen LogP contribution in [0, 0.1) is 5.82 Å². The first kappa shape index (κ1) is 25.5. The van der Waals surface area contributed by atoms with E-state index in [2.05, 4.69) is 5.32 Å². The van der Waals surface area contributed by atoms with Gasteiger partial charge in [-0.05, 0) is 61.9 Å². The van der Waals surface area contributed by atoms with E-state index in [0.717, 1.165) is 11.1 Å². The van der Waals surface area contributed by atoms with E-state index >= 15 is 0 Å². The molecule has 186 valence electrons. The average Bonchev–Trinajstić information content (AvgIpc) is 3.24. The molecule has 3 aromatic carbocycles. The molecule has 6 nitrogen and oxygen atoms in total. The zero-order valence-electron chi connectivity index (χ0n) is 19.7. The standard InChI is InChI=1S/C27H24Cl2FN3O3/c1-3-32(4-2)27(35)36-23-12-11-22-19(13-14-33(22)16-17-7-5-8-18(30)15-17)25(23)31-26(34)24-20(28)9-6-10-21(24)29/h5-15H,3-4,16H2,1-2H3,(H,31,34). The number of halogens is 3. The van der Waals surface area contributed by atoms with Gasteiger partial charge in [0.2, 0.25) is 0 Å². The molecular weight excluding hydrogens is 504 g/mol. The summed E-state index contributed by atoms with van der Waals surface area (Å²) in [5.74, 6) is -0.685. The third kappa shape index (κ3) is 5.32. The molecule has 0 aliphatic heterocycles. The quantitative estimate of drug-likeness (QED) is 0.275. The minimum absolute atomic E-state index is 0.109. The Morgan fingerprint density at radius 2 is 1.69 bits per heavy atom. The topological polar surface area (TPSA) is 63.6 Å². The molecule has 0 atom stereocenters. The van der Waals surface area contributed by atoms with Gasteiger partial charge >= 0.3 is 6.09 Å². The van der Waals surface area contributed by atoms with Crippen molar-refractivity contribution in [2.75, 3.05) is 18.4 Å². The maximum Gasteiger partial charge on any atom is 0.415 e. The fourth-order valence-corrected chi connectivity index (χ4v) is 4.54. The van der Waals surface area contributed by atoms with E-state index in [4.69, 9.17) is 27.9 Å². The molecule has 0 unspecified atom stereocenters. The number of rotatable bonds is 7. The highest BCUT2D eigenvalue weighted by Gasteiger charge is 2.22. The van der Waals surface area contributed by atoms with Gasteiger partial charge in [-0.15, -0.1) is 0 Å². The van der Waals surface area contributed by atoms with E-state index in [0.29, 0.717) is 30.7 Å². The van der Waals surface area contributed by atoms with Gasteiger partial charge in [0.25, 0.3) is 5.91 Å². The SMILES string of the molecule is CCN(CC)C(=O)Oc1ccc2c(ccn2Cc2cccc(F)c2)c1NC(=O)c1c(Cl)cccc1Cl. The number of nitrogens with zero attached hydrogens (tertiary/aromatic N) is 2. The molecule has 1 heterocycles. The molecule has 0 aliphatic rings. The Labute approximate surface area is 218 Å². The van der Waals surface area contributed by atoms with Crippen LogP contribution in [0.2, 0.25) is 10.0 Å². The molecule has 9 heteroatoms. The molecule has 2 amide bonds. The normalized spacial score (nSPS) is 10.9. The number of hydrogen-bond donors (Lipinski definition) is 1. The Morgan fingerprint density at radius 1 is 1.00 bits per heavy atom. The van der Waals surface area contributed by atoms with Gasteiger partial charge in [0.15, 0.2) is 5.75 Å². The number of hydrogen-bond acceptors (Lipinski definition) is 3. The number of fused-ring (bicyclic) bond motifs is 1. The van der Waals surface area contributed by atoms with Gasteiger partial charge in [-0.1, -0.05) is 41.4 Å². The molecule has 1 N–H and O–H groups in total. The summed E-state index contributed by atoms with van der Waals surface area (Å²) in [6.07, 6.45) is 1.29. The lowest BCUT2D eigenvalue weighted by Crippen LogP contribution is -2.33. The van der Waals surface area contributed by atoms with Crippen molar-refractivity contribution in [3.63, 3.8) is 0 Å². The zero-order chi connectivity index (χ0) is 25.8. The average molecular weight is 528 g/mol. The lowest BCUT2D eigenvalue weighted by molar-refractivity contribution is 0.102. The second-order valence-electron chi connectivity index (χ2n) is 8.04. The summed E-state index contributed by atoms with van der Waals surface area (Å²) in [6.45, 7) is 5.05. The highest BCUT2D eigenvalue weighted by Crippen LogP contribution is 2.36. The van der Waals surface area contributed by atoms with Crippen molar-refractivity contribution in [1.29, 1.82) is 0 Å². The van der Waals surface area contributed by atoms with Crippen molar-refractivity contribution in [3.8, 4) is 5.75 Å². The van der Waals surface area contributed by atoms with Crippen LogP contribution in [0.5, 0.6) is 5.75 Å². The number of anilines is 1. The second-order valence-corrected chi connectivity index (χ2v) is 8.85. The third-order valence-corrected chi connectivity index (χ3v) is 6.43. The number of benzene rings is 3. The van der Waals surface area contributed by atoms with Crippen LogP contribution in [0.25, 0.3) is 10.9 Å². The predicted octanol–water partition coefficient (Wildman–Crippen LogP) is 7.23. The Bertz CT molecular complexity index is 1410. The summed E-state index contributed by atoms with van der Waals surface area (Å²) in [5.41, 5.74) is 1.94. The number of amides is 2. The summed E-state index contributed by atoms with van der Waals surface area (Å²) in [6, 6.07) is 16.3. The Morgan fingerprint density at radius 3 is 2.36 bits per heavy atom. The Hall–Kier alpha value is -3.55. The van der Waals surface area contributed by atoms with Crippen LogP contribution in [-0.4, -0.2) is 34.6 Å². The van der Waals surface area contributed by atoms with E-state index in [-0.39, 0.29) is 27.2 Å². The van der Waals surface area contributed by atoms with Gasteiger partial charge in [0.05, 0.1) is 26.8 Å². The molecule has 0 bridgehead atoms. The van der Waals surface area contributed by atoms with E-state index < -0.39 is 12.0 Å². The van der Waals surface area contributed by atoms with Crippen LogP contribution in [0.3, 0.4) is 0 Å². The van der Waals surface area contributed by atoms with Crippen LogP contribution in [0.1, 0.15) is 29.8 Å². The Kier molecular flexibility index (Phi) is 7.82. The monoisotopic (exact) mass is 527 g/mol. The number of ether oxygens (including phenoxy) is 1. The lowest BCUT2D eigenvalue weighted by Gasteiger charge is -2.20. The van der Waals surface area contributed by atoms with Crippen molar-refractivity contribution >= 4 is 51.8 Å². The lowest BCUT2D eigenvalue weighted by atomic mass is 10.1. The van der Waals surface area contributed by atoms with Crippen LogP contribution in [0.15, 0.2) is 66.9 Å². The zero-order valence-corrected chi connectivity index (χ0v) is 21.2. The van der Waals surface area contributed by atoms with E-state index in [1.54, 1.807) is 42.5 Å². The Balaban J connectivity index is 1.77. The summed E-state index contributed by atoms with van der Waals surface area (Å²) in [4.78, 5) is 27.5. The van der Waals surface area contributed by atoms with E-state index in [1.807, 2.05) is 30.7 Å². The number of carbonyl (C=O) groups is 2. The summed E-state index contributed by atoms with van der Waals surface area (Å²) < 4.78 is 21.3. The highest BCUT2D eigenvalue weighted by molar-refractivity contribution is 6.40. The smallest absolute Gasteiger partial charge is 0.408 e. The molecule has 36 heavy (non-hydrogen) atoms. The molecular formula is C27H24Cl2FN3O3. The molecule has 4 aromatic rings. The van der Waals surface area contributed by atoms with Gasteiger partial charge in [0.1, 0.15) is 5.82 Å². The fourth-order valence-electron chi connectivity index (χ4n) is 3.97. The molecule has 4 rings (SSSR count). The first-order valence-electron chi connectivity index (χ1n) is 11.4. The summed E-state index contributed by atoms with van der Waals surface area (Å²) >= 11 is 12.5.